The van der Waals surface area contributed by atoms with E-state index >= 15 is 0 Å². The molecule has 0 aliphatic carbocycles. The van der Waals surface area contributed by atoms with E-state index < -0.39 is 42.6 Å². The third-order valence-corrected chi connectivity index (χ3v) is 6.88. The second kappa shape index (κ2) is 18.5. The molecule has 1 aromatic carbocycles. The molecule has 17 nitrogen and oxygen atoms in total. The molecule has 0 aromatic heterocycles. The van der Waals surface area contributed by atoms with Gasteiger partial charge < -0.3 is 44.3 Å². The molecule has 5 N–H and O–H groups in total. The number of rotatable bonds is 18. The summed E-state index contributed by atoms with van der Waals surface area (Å²) in [5, 5.41) is 34.1. The number of nitrogens with one attached hydrogen (secondary N) is 2. The molecule has 1 aromatic rings. The molecule has 17 heteroatoms. The monoisotopic (exact) mass is 665 g/mol. The molecule has 4 amide bonds. The highest BCUT2D eigenvalue weighted by molar-refractivity contribution is 6.12. The first-order valence-corrected chi connectivity index (χ1v) is 14.9. The number of imide groups is 1. The SMILES string of the molecule is CC(=O)OCc1ccc(NC(=O)O[C@H]2C[C@@H](O)[C@H](O)[C@@H](C(=O)O)O2)c(OCCOCCNC(=O)CCCCCN2C(=O)C=CC2=O)c1. The van der Waals surface area contributed by atoms with Gasteiger partial charge in [0.1, 0.15) is 25.1 Å². The third-order valence-electron chi connectivity index (χ3n) is 6.88. The summed E-state index contributed by atoms with van der Waals surface area (Å²) in [6.07, 6.45) is -3.18. The van der Waals surface area contributed by atoms with Gasteiger partial charge in [0.05, 0.1) is 25.0 Å². The first-order valence-electron chi connectivity index (χ1n) is 14.9. The van der Waals surface area contributed by atoms with Gasteiger partial charge in [-0.05, 0) is 30.5 Å². The van der Waals surface area contributed by atoms with E-state index in [1.165, 1.54) is 36.1 Å². The molecular formula is C30H39N3O14. The number of carbonyl (C=O) groups excluding carboxylic acids is 5. The third kappa shape index (κ3) is 12.3. The normalized spacial score (nSPS) is 20.5. The first-order chi connectivity index (χ1) is 22.4. The molecule has 1 saturated heterocycles. The van der Waals surface area contributed by atoms with Crippen molar-refractivity contribution in [1.82, 2.24) is 10.2 Å². The second-order valence-electron chi connectivity index (χ2n) is 10.5. The number of aliphatic carboxylic acids is 1. The minimum absolute atomic E-state index is 0.0301. The van der Waals surface area contributed by atoms with Crippen molar-refractivity contribution in [3.63, 3.8) is 0 Å². The largest absolute Gasteiger partial charge is 0.489 e. The number of nitrogens with zero attached hydrogens (tertiary/aromatic N) is 1. The van der Waals surface area contributed by atoms with Gasteiger partial charge in [-0.15, -0.1) is 0 Å². The lowest BCUT2D eigenvalue weighted by molar-refractivity contribution is -0.234. The van der Waals surface area contributed by atoms with E-state index in [0.717, 1.165) is 0 Å². The van der Waals surface area contributed by atoms with Gasteiger partial charge in [0.2, 0.25) is 12.2 Å². The molecule has 2 aliphatic heterocycles. The van der Waals surface area contributed by atoms with Crippen molar-refractivity contribution in [3.05, 3.63) is 35.9 Å². The van der Waals surface area contributed by atoms with Crippen molar-refractivity contribution in [1.29, 1.82) is 0 Å². The van der Waals surface area contributed by atoms with E-state index in [1.807, 2.05) is 0 Å². The number of esters is 1. The lowest BCUT2D eigenvalue weighted by Gasteiger charge is -2.34. The summed E-state index contributed by atoms with van der Waals surface area (Å²) < 4.78 is 26.4. The highest BCUT2D eigenvalue weighted by Crippen LogP contribution is 2.28. The average Bonchev–Trinajstić information content (AvgIpc) is 3.34. The molecular weight excluding hydrogens is 626 g/mol. The van der Waals surface area contributed by atoms with Crippen LogP contribution < -0.4 is 15.4 Å². The molecule has 47 heavy (non-hydrogen) atoms. The maximum absolute atomic E-state index is 12.6. The minimum Gasteiger partial charge on any atom is -0.489 e. The molecule has 3 rings (SSSR count). The van der Waals surface area contributed by atoms with Gasteiger partial charge in [-0.2, -0.15) is 0 Å². The Bertz CT molecular complexity index is 1300. The Kier molecular flexibility index (Phi) is 14.5. The van der Waals surface area contributed by atoms with Crippen molar-refractivity contribution in [2.45, 2.75) is 70.2 Å². The molecule has 0 radical (unpaired) electrons. The van der Waals surface area contributed by atoms with E-state index in [9.17, 15) is 44.1 Å². The highest BCUT2D eigenvalue weighted by atomic mass is 16.7. The number of aliphatic hydroxyl groups is 2. The van der Waals surface area contributed by atoms with Crippen molar-refractivity contribution >= 4 is 41.4 Å². The Hall–Kier alpha value is -4.58. The van der Waals surface area contributed by atoms with Gasteiger partial charge in [-0.25, -0.2) is 9.59 Å². The summed E-state index contributed by atoms with van der Waals surface area (Å²) in [5.41, 5.74) is 0.695. The molecule has 258 valence electrons. The van der Waals surface area contributed by atoms with Crippen LogP contribution in [0.4, 0.5) is 10.5 Å². The molecule has 0 spiro atoms. The summed E-state index contributed by atoms with van der Waals surface area (Å²) in [6.45, 7) is 2.12. The smallest absolute Gasteiger partial charge is 0.414 e. The second-order valence-corrected chi connectivity index (χ2v) is 10.5. The van der Waals surface area contributed by atoms with Crippen LogP contribution in [-0.2, 0) is 49.5 Å². The molecule has 1 fully saturated rings. The number of hydrogen-bond acceptors (Lipinski definition) is 13. The Morgan fingerprint density at radius 2 is 1.77 bits per heavy atom. The standard InChI is InChI=1S/C30H39N3O14/c1-18(34)45-17-19-6-7-20(32-30(42)47-26-16-21(35)27(39)28(46-26)29(40)41)22(15-19)44-14-13-43-12-10-31-23(36)5-3-2-4-11-33-24(37)8-9-25(33)38/h6-9,15,21,26-28,35,39H,2-5,10-14,16-17H2,1H3,(H,31,36)(H,32,42)(H,40,41)/t21-,26+,27+,28+/m1/s1. The van der Waals surface area contributed by atoms with Crippen LogP contribution in [0.25, 0.3) is 0 Å². The zero-order chi connectivity index (χ0) is 34.3. The number of carboxylic acids is 1. The number of aliphatic hydroxyl groups excluding tert-OH is 2. The first kappa shape index (κ1) is 36.9. The predicted molar refractivity (Wildman–Crippen MR) is 159 cm³/mol. The van der Waals surface area contributed by atoms with Crippen LogP contribution in [0, 0.1) is 0 Å². The van der Waals surface area contributed by atoms with Crippen LogP contribution in [0.2, 0.25) is 0 Å². The fourth-order valence-electron chi connectivity index (χ4n) is 4.49. The van der Waals surface area contributed by atoms with Gasteiger partial charge >= 0.3 is 18.0 Å². The highest BCUT2D eigenvalue weighted by Gasteiger charge is 2.42. The lowest BCUT2D eigenvalue weighted by atomic mass is 10.0. The minimum atomic E-state index is -1.79. The van der Waals surface area contributed by atoms with Crippen LogP contribution in [0.3, 0.4) is 0 Å². The maximum atomic E-state index is 12.6. The molecule has 2 aliphatic rings. The van der Waals surface area contributed by atoms with Crippen LogP contribution in [-0.4, -0.2) is 113 Å². The van der Waals surface area contributed by atoms with E-state index in [0.29, 0.717) is 37.8 Å². The number of carboxylic acid groups (broad SMARTS) is 1. The van der Waals surface area contributed by atoms with Crippen molar-refractivity contribution in [2.75, 3.05) is 38.2 Å². The van der Waals surface area contributed by atoms with Crippen molar-refractivity contribution in [3.8, 4) is 5.75 Å². The topological polar surface area (TPSA) is 237 Å². The predicted octanol–water partition coefficient (Wildman–Crippen LogP) is 0.217. The Balaban J connectivity index is 1.38. The van der Waals surface area contributed by atoms with E-state index in [4.69, 9.17) is 23.7 Å². The maximum Gasteiger partial charge on any atom is 0.414 e. The van der Waals surface area contributed by atoms with Gasteiger partial charge in [-0.1, -0.05) is 12.5 Å². The van der Waals surface area contributed by atoms with Crippen LogP contribution in [0.15, 0.2) is 30.4 Å². The van der Waals surface area contributed by atoms with E-state index in [-0.39, 0.29) is 68.6 Å². The number of anilines is 1. The zero-order valence-electron chi connectivity index (χ0n) is 25.8. The number of amides is 4. The number of benzene rings is 1. The molecule has 2 heterocycles. The van der Waals surface area contributed by atoms with Gasteiger partial charge in [0.15, 0.2) is 6.10 Å². The zero-order valence-corrected chi connectivity index (χ0v) is 25.8. The van der Waals surface area contributed by atoms with Crippen LogP contribution >= 0.6 is 0 Å². The number of unbranched alkanes of at least 4 members (excludes halogenated alkanes) is 2. The summed E-state index contributed by atoms with van der Waals surface area (Å²) >= 11 is 0. The number of carbonyl (C=O) groups is 6. The van der Waals surface area contributed by atoms with E-state index in [1.54, 1.807) is 6.07 Å². The molecule has 4 atom stereocenters. The lowest BCUT2D eigenvalue weighted by Crippen LogP contribution is -2.52. The Labute approximate surface area is 269 Å². The summed E-state index contributed by atoms with van der Waals surface area (Å²) in [7, 11) is 0. The molecule has 0 saturated carbocycles. The van der Waals surface area contributed by atoms with Crippen LogP contribution in [0.1, 0.15) is 44.6 Å². The summed E-state index contributed by atoms with van der Waals surface area (Å²) in [6, 6.07) is 4.55. The average molecular weight is 666 g/mol. The Morgan fingerprint density at radius 1 is 1.02 bits per heavy atom. The summed E-state index contributed by atoms with van der Waals surface area (Å²) in [5.74, 6) is -2.67. The Morgan fingerprint density at radius 3 is 2.47 bits per heavy atom. The quantitative estimate of drug-likeness (QED) is 0.0801. The fraction of sp³-hybridized carbons (Fsp3) is 0.533. The number of ether oxygens (including phenoxy) is 5. The molecule has 0 bridgehead atoms. The van der Waals surface area contributed by atoms with Crippen molar-refractivity contribution in [2.24, 2.45) is 0 Å². The number of hydrogen-bond donors (Lipinski definition) is 5. The molecule has 0 unspecified atom stereocenters. The summed E-state index contributed by atoms with van der Waals surface area (Å²) in [4.78, 5) is 71.3. The van der Waals surface area contributed by atoms with Crippen molar-refractivity contribution < 1.29 is 67.8 Å². The van der Waals surface area contributed by atoms with Gasteiger partial charge in [0, 0.05) is 45.0 Å². The van der Waals surface area contributed by atoms with Gasteiger partial charge in [-0.3, -0.25) is 29.4 Å². The van der Waals surface area contributed by atoms with Gasteiger partial charge in [0.25, 0.3) is 11.8 Å². The van der Waals surface area contributed by atoms with Crippen LogP contribution in [0.5, 0.6) is 5.75 Å². The van der Waals surface area contributed by atoms with E-state index in [2.05, 4.69) is 10.6 Å². The fourth-order valence-corrected chi connectivity index (χ4v) is 4.49.